The van der Waals surface area contributed by atoms with E-state index in [4.69, 9.17) is 13.9 Å². The summed E-state index contributed by atoms with van der Waals surface area (Å²) in [6.07, 6.45) is 2.27. The first-order valence-corrected chi connectivity index (χ1v) is 7.30. The minimum Gasteiger partial charge on any atom is -0.459 e. The van der Waals surface area contributed by atoms with Gasteiger partial charge in [-0.15, -0.1) is 5.10 Å². The number of esters is 1. The predicted molar refractivity (Wildman–Crippen MR) is 69.2 cm³/mol. The summed E-state index contributed by atoms with van der Waals surface area (Å²) in [7, 11) is 0. The maximum absolute atomic E-state index is 11.4. The maximum Gasteiger partial charge on any atom is 0.396 e. The van der Waals surface area contributed by atoms with Crippen LogP contribution < -0.4 is 0 Å². The van der Waals surface area contributed by atoms with Crippen LogP contribution in [0.25, 0.3) is 0 Å². The van der Waals surface area contributed by atoms with Crippen molar-refractivity contribution in [2.75, 3.05) is 12.4 Å². The van der Waals surface area contributed by atoms with Crippen molar-refractivity contribution in [3.63, 3.8) is 0 Å². The van der Waals surface area contributed by atoms with E-state index in [1.54, 1.807) is 6.92 Å². The predicted octanol–water partition coefficient (Wildman–Crippen LogP) is 2.30. The number of carbonyl (C=O) groups excluding carboxylic acids is 1. The third-order valence-electron chi connectivity index (χ3n) is 2.80. The van der Waals surface area contributed by atoms with Crippen LogP contribution in [0.15, 0.2) is 9.64 Å². The molecule has 106 valence electrons. The van der Waals surface area contributed by atoms with E-state index in [9.17, 15) is 4.79 Å². The fourth-order valence-electron chi connectivity index (χ4n) is 1.90. The fraction of sp³-hybridized carbons (Fsp3) is 0.750. The van der Waals surface area contributed by atoms with E-state index in [-0.39, 0.29) is 24.2 Å². The molecule has 2 heterocycles. The van der Waals surface area contributed by atoms with Gasteiger partial charge in [-0.1, -0.05) is 16.9 Å². The molecule has 0 aliphatic carbocycles. The lowest BCUT2D eigenvalue weighted by Crippen LogP contribution is -2.21. The first kappa shape index (κ1) is 14.3. The molecule has 1 atom stereocenters. The Labute approximate surface area is 116 Å². The number of hydrogen-bond acceptors (Lipinski definition) is 7. The van der Waals surface area contributed by atoms with Crippen molar-refractivity contribution in [1.29, 1.82) is 0 Å². The summed E-state index contributed by atoms with van der Waals surface area (Å²) in [4.78, 5) is 11.4. The van der Waals surface area contributed by atoms with E-state index >= 15 is 0 Å². The highest BCUT2D eigenvalue weighted by Gasteiger charge is 2.31. The highest BCUT2D eigenvalue weighted by atomic mass is 32.2. The van der Waals surface area contributed by atoms with E-state index in [0.717, 1.165) is 18.6 Å². The van der Waals surface area contributed by atoms with E-state index in [1.165, 1.54) is 11.8 Å². The van der Waals surface area contributed by atoms with Gasteiger partial charge in [-0.2, -0.15) is 0 Å². The van der Waals surface area contributed by atoms with Gasteiger partial charge in [-0.05, 0) is 33.6 Å². The van der Waals surface area contributed by atoms with Crippen LogP contribution in [0.3, 0.4) is 0 Å². The molecular weight excluding hydrogens is 268 g/mol. The summed E-state index contributed by atoms with van der Waals surface area (Å²) in [5, 5.41) is 7.83. The van der Waals surface area contributed by atoms with Crippen LogP contribution in [0, 0.1) is 0 Å². The average molecular weight is 286 g/mol. The van der Waals surface area contributed by atoms with Gasteiger partial charge in [0, 0.05) is 5.75 Å². The van der Waals surface area contributed by atoms with Gasteiger partial charge in [0.2, 0.25) is 0 Å². The number of carbonyl (C=O) groups is 1. The summed E-state index contributed by atoms with van der Waals surface area (Å²) in [6.45, 7) is 6.18. The molecule has 0 spiro atoms. The molecule has 1 aromatic rings. The Morgan fingerprint density at radius 2 is 2.32 bits per heavy atom. The second-order valence-electron chi connectivity index (χ2n) is 4.94. The number of nitrogens with zero attached hydrogens (tertiary/aromatic N) is 2. The third-order valence-corrected chi connectivity index (χ3v) is 3.75. The van der Waals surface area contributed by atoms with Crippen LogP contribution in [0.1, 0.15) is 44.3 Å². The Kier molecular flexibility index (Phi) is 4.46. The molecule has 1 fully saturated rings. The first-order chi connectivity index (χ1) is 9.00. The Bertz CT molecular complexity index is 447. The molecule has 0 aromatic carbocycles. The van der Waals surface area contributed by atoms with E-state index < -0.39 is 5.97 Å². The molecule has 7 heteroatoms. The Hall–Kier alpha value is -1.08. The Morgan fingerprint density at radius 1 is 1.53 bits per heavy atom. The minimum atomic E-state index is -0.583. The van der Waals surface area contributed by atoms with Crippen molar-refractivity contribution in [1.82, 2.24) is 10.2 Å². The van der Waals surface area contributed by atoms with Crippen molar-refractivity contribution in [3.05, 3.63) is 5.89 Å². The number of hydrogen-bond donors (Lipinski definition) is 0. The summed E-state index contributed by atoms with van der Waals surface area (Å²) in [5.74, 6) is 0.0607. The smallest absolute Gasteiger partial charge is 0.396 e. The minimum absolute atomic E-state index is 0.0455. The number of aromatic nitrogens is 2. The van der Waals surface area contributed by atoms with Crippen molar-refractivity contribution in [2.45, 2.75) is 50.5 Å². The SMILES string of the molecule is CCOC(=O)c1nnc(SCC2CCC(C)(C)O2)o1. The van der Waals surface area contributed by atoms with Gasteiger partial charge >= 0.3 is 11.9 Å². The molecule has 2 rings (SSSR count). The molecule has 1 aromatic heterocycles. The molecule has 1 aliphatic heterocycles. The van der Waals surface area contributed by atoms with E-state index in [0.29, 0.717) is 5.22 Å². The molecule has 19 heavy (non-hydrogen) atoms. The van der Waals surface area contributed by atoms with Gasteiger partial charge in [-0.25, -0.2) is 4.79 Å². The van der Waals surface area contributed by atoms with Gasteiger partial charge in [-0.3, -0.25) is 0 Å². The zero-order valence-corrected chi connectivity index (χ0v) is 12.2. The molecule has 0 saturated carbocycles. The summed E-state index contributed by atoms with van der Waals surface area (Å²) in [6, 6.07) is 0. The molecule has 0 bridgehead atoms. The van der Waals surface area contributed by atoms with Gasteiger partial charge < -0.3 is 13.9 Å². The topological polar surface area (TPSA) is 74.5 Å². The van der Waals surface area contributed by atoms with Crippen molar-refractivity contribution in [3.8, 4) is 0 Å². The summed E-state index contributed by atoms with van der Waals surface area (Å²) in [5.41, 5.74) is -0.0455. The average Bonchev–Trinajstić information content (AvgIpc) is 2.93. The lowest BCUT2D eigenvalue weighted by atomic mass is 10.1. The van der Waals surface area contributed by atoms with Crippen LogP contribution in [-0.2, 0) is 9.47 Å². The fourth-order valence-corrected chi connectivity index (χ4v) is 2.70. The molecule has 1 unspecified atom stereocenters. The molecule has 0 amide bonds. The summed E-state index contributed by atoms with van der Waals surface area (Å²) >= 11 is 1.40. The van der Waals surface area contributed by atoms with Crippen LogP contribution in [0.5, 0.6) is 0 Å². The largest absolute Gasteiger partial charge is 0.459 e. The molecule has 1 saturated heterocycles. The van der Waals surface area contributed by atoms with Gasteiger partial charge in [0.05, 0.1) is 18.3 Å². The van der Waals surface area contributed by atoms with Crippen LogP contribution in [0.4, 0.5) is 0 Å². The normalized spacial score (nSPS) is 21.5. The summed E-state index contributed by atoms with van der Waals surface area (Å²) < 4.78 is 15.9. The second-order valence-corrected chi connectivity index (χ2v) is 5.91. The molecule has 6 nitrogen and oxygen atoms in total. The Morgan fingerprint density at radius 3 is 2.95 bits per heavy atom. The lowest BCUT2D eigenvalue weighted by molar-refractivity contribution is -0.00473. The quantitative estimate of drug-likeness (QED) is 0.607. The van der Waals surface area contributed by atoms with Crippen molar-refractivity contribution < 1.29 is 18.7 Å². The molecule has 0 N–H and O–H groups in total. The number of ether oxygens (including phenoxy) is 2. The van der Waals surface area contributed by atoms with Crippen LogP contribution >= 0.6 is 11.8 Å². The number of rotatable bonds is 5. The maximum atomic E-state index is 11.4. The van der Waals surface area contributed by atoms with Gasteiger partial charge in [0.25, 0.3) is 5.22 Å². The standard InChI is InChI=1S/C12H18N2O4S/c1-4-16-10(15)9-13-14-11(17-9)19-7-8-5-6-12(2,3)18-8/h8H,4-7H2,1-3H3. The van der Waals surface area contributed by atoms with E-state index in [1.807, 2.05) is 0 Å². The molecule has 1 aliphatic rings. The number of thioether (sulfide) groups is 1. The van der Waals surface area contributed by atoms with Crippen molar-refractivity contribution >= 4 is 17.7 Å². The third kappa shape index (κ3) is 3.94. The van der Waals surface area contributed by atoms with Crippen LogP contribution in [0.2, 0.25) is 0 Å². The Balaban J connectivity index is 1.82. The molecule has 0 radical (unpaired) electrons. The highest BCUT2D eigenvalue weighted by molar-refractivity contribution is 7.99. The molecular formula is C12H18N2O4S. The van der Waals surface area contributed by atoms with E-state index in [2.05, 4.69) is 24.0 Å². The van der Waals surface area contributed by atoms with Crippen molar-refractivity contribution in [2.24, 2.45) is 0 Å². The zero-order valence-electron chi connectivity index (χ0n) is 11.3. The van der Waals surface area contributed by atoms with Crippen LogP contribution in [-0.4, -0.2) is 40.2 Å². The monoisotopic (exact) mass is 286 g/mol. The van der Waals surface area contributed by atoms with Gasteiger partial charge in [0.1, 0.15) is 0 Å². The van der Waals surface area contributed by atoms with Gasteiger partial charge in [0.15, 0.2) is 0 Å². The second kappa shape index (κ2) is 5.92. The highest BCUT2D eigenvalue weighted by Crippen LogP contribution is 2.32. The first-order valence-electron chi connectivity index (χ1n) is 6.31. The lowest BCUT2D eigenvalue weighted by Gasteiger charge is -2.18. The zero-order chi connectivity index (χ0) is 13.9.